The van der Waals surface area contributed by atoms with Crippen molar-refractivity contribution in [2.24, 2.45) is 0 Å². The van der Waals surface area contributed by atoms with Crippen LogP contribution in [0.1, 0.15) is 60.8 Å². The van der Waals surface area contributed by atoms with Gasteiger partial charge >= 0.3 is 0 Å². The fourth-order valence-corrected chi connectivity index (χ4v) is 3.26. The molecule has 1 aromatic carbocycles. The molecule has 6 heteroatoms. The van der Waals surface area contributed by atoms with Crippen LogP contribution in [0.5, 0.6) is 0 Å². The number of nitrogens with zero attached hydrogens (tertiary/aromatic N) is 2. The Kier molecular flexibility index (Phi) is 9.74. The molecule has 1 atom stereocenters. The molecule has 2 aromatic rings. The van der Waals surface area contributed by atoms with Gasteiger partial charge in [-0.05, 0) is 62.2 Å². The normalized spacial score (nSPS) is 14.8. The second-order valence-electron chi connectivity index (χ2n) is 6.95. The van der Waals surface area contributed by atoms with Crippen molar-refractivity contribution in [1.82, 2.24) is 15.2 Å². The quantitative estimate of drug-likeness (QED) is 0.707. The number of rotatable bonds is 8. The van der Waals surface area contributed by atoms with Crippen LogP contribution >= 0.6 is 0 Å². The Hall–Kier alpha value is -2.31. The van der Waals surface area contributed by atoms with Crippen LogP contribution in [0.4, 0.5) is 4.39 Å². The molecular formula is C23H32FN3O2. The molecule has 1 aromatic heterocycles. The molecule has 2 N–H and O–H groups in total. The predicted molar refractivity (Wildman–Crippen MR) is 113 cm³/mol. The highest BCUT2D eigenvalue weighted by Gasteiger charge is 2.12. The average Bonchev–Trinajstić information content (AvgIpc) is 3.28. The largest absolute Gasteiger partial charge is 0.388 e. The molecule has 3 rings (SSSR count). The first-order chi connectivity index (χ1) is 14.1. The summed E-state index contributed by atoms with van der Waals surface area (Å²) in [5, 5.41) is 12.9. The first-order valence-electron chi connectivity index (χ1n) is 10.5. The number of aliphatic hydroxyl groups is 1. The van der Waals surface area contributed by atoms with Gasteiger partial charge in [0, 0.05) is 31.4 Å². The summed E-state index contributed by atoms with van der Waals surface area (Å²) >= 11 is 0. The molecular weight excluding hydrogens is 369 g/mol. The van der Waals surface area contributed by atoms with Crippen molar-refractivity contribution in [3.8, 4) is 0 Å². The number of likely N-dealkylation sites (tertiary alicyclic amines) is 1. The SMILES string of the molecule is CC.O=C(NCCC(O)c1ccc(F)cc1)c1ccc(CCN2CCCC2)nc1. The van der Waals surface area contributed by atoms with Gasteiger partial charge in [-0.15, -0.1) is 0 Å². The van der Waals surface area contributed by atoms with Gasteiger partial charge in [0.05, 0.1) is 11.7 Å². The zero-order chi connectivity index (χ0) is 21.1. The van der Waals surface area contributed by atoms with Crippen LogP contribution in [-0.2, 0) is 6.42 Å². The number of hydrogen-bond acceptors (Lipinski definition) is 4. The van der Waals surface area contributed by atoms with Crippen LogP contribution in [0.25, 0.3) is 0 Å². The minimum absolute atomic E-state index is 0.208. The third kappa shape index (κ3) is 7.55. The second kappa shape index (κ2) is 12.3. The number of benzene rings is 1. The van der Waals surface area contributed by atoms with E-state index < -0.39 is 6.10 Å². The van der Waals surface area contributed by atoms with Crippen molar-refractivity contribution in [3.63, 3.8) is 0 Å². The van der Waals surface area contributed by atoms with Gasteiger partial charge in [0.2, 0.25) is 0 Å². The van der Waals surface area contributed by atoms with Crippen LogP contribution in [0.15, 0.2) is 42.6 Å². The van der Waals surface area contributed by atoms with Crippen molar-refractivity contribution < 1.29 is 14.3 Å². The molecule has 0 spiro atoms. The van der Waals surface area contributed by atoms with Crippen molar-refractivity contribution in [1.29, 1.82) is 0 Å². The van der Waals surface area contributed by atoms with Gasteiger partial charge in [-0.2, -0.15) is 0 Å². The van der Waals surface area contributed by atoms with Gasteiger partial charge in [-0.3, -0.25) is 9.78 Å². The van der Waals surface area contributed by atoms with Crippen LogP contribution in [0, 0.1) is 5.82 Å². The fraction of sp³-hybridized carbons (Fsp3) is 0.478. The molecule has 1 fully saturated rings. The molecule has 2 heterocycles. The lowest BCUT2D eigenvalue weighted by Crippen LogP contribution is -2.26. The highest BCUT2D eigenvalue weighted by atomic mass is 19.1. The molecule has 1 amide bonds. The topological polar surface area (TPSA) is 65.5 Å². The minimum Gasteiger partial charge on any atom is -0.388 e. The van der Waals surface area contributed by atoms with Gasteiger partial charge in [-0.25, -0.2) is 4.39 Å². The molecule has 1 unspecified atom stereocenters. The molecule has 5 nitrogen and oxygen atoms in total. The summed E-state index contributed by atoms with van der Waals surface area (Å²) in [5.74, 6) is -0.546. The Morgan fingerprint density at radius 3 is 2.48 bits per heavy atom. The lowest BCUT2D eigenvalue weighted by atomic mass is 10.1. The molecule has 0 radical (unpaired) electrons. The molecule has 1 aliphatic rings. The minimum atomic E-state index is -0.739. The lowest BCUT2D eigenvalue weighted by molar-refractivity contribution is 0.0942. The lowest BCUT2D eigenvalue weighted by Gasteiger charge is -2.14. The first kappa shape index (κ1) is 23.0. The Labute approximate surface area is 173 Å². The number of amides is 1. The Bertz CT molecular complexity index is 729. The number of aliphatic hydroxyl groups excluding tert-OH is 1. The number of aromatic nitrogens is 1. The van der Waals surface area contributed by atoms with E-state index in [9.17, 15) is 14.3 Å². The zero-order valence-electron chi connectivity index (χ0n) is 17.4. The van der Waals surface area contributed by atoms with E-state index in [1.165, 1.54) is 38.1 Å². The number of hydrogen-bond donors (Lipinski definition) is 2. The van der Waals surface area contributed by atoms with Crippen LogP contribution in [0.2, 0.25) is 0 Å². The summed E-state index contributed by atoms with van der Waals surface area (Å²) in [6, 6.07) is 9.41. The molecule has 0 bridgehead atoms. The maximum atomic E-state index is 12.9. The highest BCUT2D eigenvalue weighted by Crippen LogP contribution is 2.16. The van der Waals surface area contributed by atoms with E-state index in [2.05, 4.69) is 15.2 Å². The first-order valence-corrected chi connectivity index (χ1v) is 10.5. The van der Waals surface area contributed by atoms with E-state index in [1.807, 2.05) is 19.9 Å². The Balaban J connectivity index is 0.00000145. The standard InChI is InChI=1S/C21H26FN3O2.C2H6/c22-18-6-3-16(4-7-18)20(26)9-11-23-21(27)17-5-8-19(24-15-17)10-14-25-12-1-2-13-25;1-2/h3-8,15,20,26H,1-2,9-14H2,(H,23,27);1-2H3. The van der Waals surface area contributed by atoms with Crippen molar-refractivity contribution >= 4 is 5.91 Å². The smallest absolute Gasteiger partial charge is 0.252 e. The van der Waals surface area contributed by atoms with Crippen LogP contribution in [-0.4, -0.2) is 47.1 Å². The van der Waals surface area contributed by atoms with Gasteiger partial charge < -0.3 is 15.3 Å². The molecule has 0 saturated carbocycles. The number of nitrogens with one attached hydrogen (secondary N) is 1. The van der Waals surface area contributed by atoms with Gasteiger partial charge in [0.15, 0.2) is 0 Å². The third-order valence-corrected chi connectivity index (χ3v) is 4.93. The predicted octanol–water partition coefficient (Wildman–Crippen LogP) is 3.74. The maximum absolute atomic E-state index is 12.9. The number of halogens is 1. The summed E-state index contributed by atoms with van der Waals surface area (Å²) < 4.78 is 12.9. The average molecular weight is 402 g/mol. The van der Waals surface area contributed by atoms with Crippen LogP contribution < -0.4 is 5.32 Å². The van der Waals surface area contributed by atoms with E-state index >= 15 is 0 Å². The van der Waals surface area contributed by atoms with Crippen LogP contribution in [0.3, 0.4) is 0 Å². The van der Waals surface area contributed by atoms with Crippen molar-refractivity contribution in [2.45, 2.75) is 45.6 Å². The van der Waals surface area contributed by atoms with E-state index in [0.29, 0.717) is 24.1 Å². The van der Waals surface area contributed by atoms with E-state index in [1.54, 1.807) is 24.4 Å². The third-order valence-electron chi connectivity index (χ3n) is 4.93. The summed E-state index contributed by atoms with van der Waals surface area (Å²) in [6.07, 6.45) is 4.68. The number of carbonyl (C=O) groups is 1. The molecule has 29 heavy (non-hydrogen) atoms. The summed E-state index contributed by atoms with van der Waals surface area (Å²) in [5.41, 5.74) is 2.14. The Morgan fingerprint density at radius 2 is 1.86 bits per heavy atom. The van der Waals surface area contributed by atoms with Gasteiger partial charge in [0.1, 0.15) is 5.82 Å². The summed E-state index contributed by atoms with van der Waals surface area (Å²) in [4.78, 5) is 19.0. The molecule has 0 aliphatic carbocycles. The highest BCUT2D eigenvalue weighted by molar-refractivity contribution is 5.93. The fourth-order valence-electron chi connectivity index (χ4n) is 3.26. The summed E-state index contributed by atoms with van der Waals surface area (Å²) in [6.45, 7) is 7.68. The zero-order valence-corrected chi connectivity index (χ0v) is 17.4. The second-order valence-corrected chi connectivity index (χ2v) is 6.95. The van der Waals surface area contributed by atoms with Gasteiger partial charge in [-0.1, -0.05) is 26.0 Å². The maximum Gasteiger partial charge on any atom is 0.252 e. The van der Waals surface area contributed by atoms with Gasteiger partial charge in [0.25, 0.3) is 5.91 Å². The van der Waals surface area contributed by atoms with E-state index in [-0.39, 0.29) is 11.7 Å². The van der Waals surface area contributed by atoms with E-state index in [0.717, 1.165) is 18.7 Å². The van der Waals surface area contributed by atoms with E-state index in [4.69, 9.17) is 0 Å². The molecule has 1 aliphatic heterocycles. The van der Waals surface area contributed by atoms with Crippen molar-refractivity contribution in [3.05, 3.63) is 65.2 Å². The monoisotopic (exact) mass is 401 g/mol. The molecule has 158 valence electrons. The molecule has 1 saturated heterocycles. The number of carbonyl (C=O) groups excluding carboxylic acids is 1. The number of pyridine rings is 1. The Morgan fingerprint density at radius 1 is 1.17 bits per heavy atom. The summed E-state index contributed by atoms with van der Waals surface area (Å²) in [7, 11) is 0. The van der Waals surface area contributed by atoms with Crippen molar-refractivity contribution in [2.75, 3.05) is 26.2 Å².